The van der Waals surface area contributed by atoms with Gasteiger partial charge in [-0.3, -0.25) is 9.52 Å². The van der Waals surface area contributed by atoms with Gasteiger partial charge in [-0.05, 0) is 84.7 Å². The highest BCUT2D eigenvalue weighted by Gasteiger charge is 2.53. The van der Waals surface area contributed by atoms with Gasteiger partial charge in [0.25, 0.3) is 15.9 Å². The van der Waals surface area contributed by atoms with Crippen LogP contribution in [0.3, 0.4) is 0 Å². The van der Waals surface area contributed by atoms with Crippen molar-refractivity contribution in [2.24, 2.45) is 10.8 Å². The summed E-state index contributed by atoms with van der Waals surface area (Å²) in [6.45, 7) is 7.05. The lowest BCUT2D eigenvalue weighted by Crippen LogP contribution is -2.37. The molecule has 2 atom stereocenters. The highest BCUT2D eigenvalue weighted by Crippen LogP contribution is 2.53. The van der Waals surface area contributed by atoms with Gasteiger partial charge in [0.05, 0.1) is 20.5 Å². The van der Waals surface area contributed by atoms with Crippen molar-refractivity contribution in [3.8, 4) is 0 Å². The molecular weight excluding hydrogens is 570 g/mol. The number of nitrogens with one attached hydrogen (secondary N) is 2. The van der Waals surface area contributed by atoms with Gasteiger partial charge in [-0.15, -0.1) is 0 Å². The van der Waals surface area contributed by atoms with E-state index >= 15 is 0 Å². The van der Waals surface area contributed by atoms with E-state index in [-0.39, 0.29) is 48.6 Å². The van der Waals surface area contributed by atoms with Crippen LogP contribution >= 0.6 is 11.6 Å². The van der Waals surface area contributed by atoms with E-state index in [1.165, 1.54) is 42.5 Å². The van der Waals surface area contributed by atoms with Crippen LogP contribution in [0.15, 0.2) is 82.6 Å². The summed E-state index contributed by atoms with van der Waals surface area (Å²) in [6.07, 6.45) is 2.67. The third kappa shape index (κ3) is 5.76. The average molecular weight is 602 g/mol. The Bertz CT molecular complexity index is 1670. The number of fused-ring (bicyclic) bond motifs is 2. The lowest BCUT2D eigenvalue weighted by Gasteiger charge is -2.39. The minimum Gasteiger partial charge on any atom is -0.322 e. The van der Waals surface area contributed by atoms with Gasteiger partial charge in [-0.1, -0.05) is 50.6 Å². The Kier molecular flexibility index (Phi) is 7.27. The van der Waals surface area contributed by atoms with Crippen LogP contribution in [0.1, 0.15) is 50.4 Å². The van der Waals surface area contributed by atoms with E-state index in [1.807, 2.05) is 0 Å². The third-order valence-electron chi connectivity index (χ3n) is 7.61. The molecule has 2 fully saturated rings. The molecule has 1 heterocycles. The Morgan fingerprint density at radius 2 is 1.60 bits per heavy atom. The first-order valence-electron chi connectivity index (χ1n) is 13.0. The first kappa shape index (κ1) is 28.6. The number of amides is 1. The molecule has 1 amide bonds. The molecule has 0 aromatic heterocycles. The molecule has 3 aromatic carbocycles. The number of para-hydroxylation sites is 1. The van der Waals surface area contributed by atoms with E-state index < -0.39 is 26.0 Å². The summed E-state index contributed by atoms with van der Waals surface area (Å²) >= 11 is 6.08. The summed E-state index contributed by atoms with van der Waals surface area (Å²) in [7, 11) is -7.68. The molecule has 212 valence electrons. The van der Waals surface area contributed by atoms with Gasteiger partial charge in [0, 0.05) is 23.8 Å². The molecule has 8 nitrogen and oxygen atoms in total. The number of halogens is 1. The molecule has 2 bridgehead atoms. The zero-order chi connectivity index (χ0) is 28.9. The highest BCUT2D eigenvalue weighted by atomic mass is 35.5. The maximum absolute atomic E-state index is 13.5. The average Bonchev–Trinajstić information content (AvgIpc) is 3.14. The van der Waals surface area contributed by atoms with Gasteiger partial charge in [0.2, 0.25) is 10.0 Å². The molecule has 11 heteroatoms. The zero-order valence-electron chi connectivity index (χ0n) is 22.5. The number of sulfonamides is 2. The van der Waals surface area contributed by atoms with E-state index in [0.717, 1.165) is 19.3 Å². The van der Waals surface area contributed by atoms with Crippen molar-refractivity contribution in [1.82, 2.24) is 4.31 Å². The number of benzene rings is 3. The predicted octanol–water partition coefficient (Wildman–Crippen LogP) is 5.98. The summed E-state index contributed by atoms with van der Waals surface area (Å²) in [6, 6.07) is 18.1. The molecule has 2 aliphatic rings. The standard InChI is InChI=1S/C29H32ClN3O5S2/c1-28(2)16-22-17-29(3,18-28)19-33(22)40(37,38)23-13-11-20(12-14-23)27(34)31-21-7-6-8-24(15-21)39(35,36)32-26-10-5-4-9-25(26)30/h4-15,22,32H,16-19H2,1-3H3,(H,31,34)/t22-,29+/m1/s1. The molecule has 1 saturated heterocycles. The van der Waals surface area contributed by atoms with Gasteiger partial charge < -0.3 is 5.32 Å². The van der Waals surface area contributed by atoms with Crippen molar-refractivity contribution < 1.29 is 21.6 Å². The van der Waals surface area contributed by atoms with Gasteiger partial charge in [-0.25, -0.2) is 16.8 Å². The number of hydrogen-bond acceptors (Lipinski definition) is 5. The first-order valence-corrected chi connectivity index (χ1v) is 16.3. The van der Waals surface area contributed by atoms with Crippen molar-refractivity contribution in [3.63, 3.8) is 0 Å². The molecule has 40 heavy (non-hydrogen) atoms. The van der Waals surface area contributed by atoms with Crippen molar-refractivity contribution in [3.05, 3.63) is 83.4 Å². The summed E-state index contributed by atoms with van der Waals surface area (Å²) in [4.78, 5) is 13.0. The minimum atomic E-state index is -3.96. The van der Waals surface area contributed by atoms with Gasteiger partial charge in [0.15, 0.2) is 0 Å². The van der Waals surface area contributed by atoms with Gasteiger partial charge >= 0.3 is 0 Å². The van der Waals surface area contributed by atoms with Crippen molar-refractivity contribution in [2.75, 3.05) is 16.6 Å². The van der Waals surface area contributed by atoms with Crippen LogP contribution in [-0.2, 0) is 20.0 Å². The highest BCUT2D eigenvalue weighted by molar-refractivity contribution is 7.92. The number of rotatable bonds is 7. The molecule has 5 rings (SSSR count). The summed E-state index contributed by atoms with van der Waals surface area (Å²) in [5.41, 5.74) is 0.803. The lowest BCUT2D eigenvalue weighted by atomic mass is 9.65. The SMILES string of the molecule is CC1(C)C[C@@H]2C[C@](C)(CN2S(=O)(=O)c2ccc(C(=O)Nc3cccc(S(=O)(=O)Nc4ccccc4Cl)c3)cc2)C1. The van der Waals surface area contributed by atoms with Crippen LogP contribution in [-0.4, -0.2) is 39.6 Å². The molecule has 2 N–H and O–H groups in total. The molecule has 1 saturated carbocycles. The summed E-state index contributed by atoms with van der Waals surface area (Å²) in [5, 5.41) is 2.94. The number of carbonyl (C=O) groups is 1. The lowest BCUT2D eigenvalue weighted by molar-refractivity contribution is 0.102. The van der Waals surface area contributed by atoms with Crippen molar-refractivity contribution in [2.45, 2.75) is 55.9 Å². The quantitative estimate of drug-likeness (QED) is 0.346. The number of carbonyl (C=O) groups excluding carboxylic acids is 1. The van der Waals surface area contributed by atoms with Crippen molar-refractivity contribution >= 4 is 48.9 Å². The van der Waals surface area contributed by atoms with Crippen LogP contribution < -0.4 is 10.0 Å². The summed E-state index contributed by atoms with van der Waals surface area (Å²) in [5.74, 6) is -0.496. The predicted molar refractivity (Wildman–Crippen MR) is 157 cm³/mol. The van der Waals surface area contributed by atoms with E-state index in [0.29, 0.717) is 6.54 Å². The van der Waals surface area contributed by atoms with Gasteiger partial charge in [-0.2, -0.15) is 4.31 Å². The largest absolute Gasteiger partial charge is 0.322 e. The van der Waals surface area contributed by atoms with Crippen molar-refractivity contribution in [1.29, 1.82) is 0 Å². The Balaban J connectivity index is 1.30. The second-order valence-electron chi connectivity index (χ2n) is 11.9. The minimum absolute atomic E-state index is 0.0299. The molecule has 0 radical (unpaired) electrons. The van der Waals surface area contributed by atoms with E-state index in [1.54, 1.807) is 34.6 Å². The van der Waals surface area contributed by atoms with Crippen LogP contribution in [0.25, 0.3) is 0 Å². The zero-order valence-corrected chi connectivity index (χ0v) is 24.9. The number of nitrogens with zero attached hydrogens (tertiary/aromatic N) is 1. The van der Waals surface area contributed by atoms with E-state index in [2.05, 4.69) is 30.8 Å². The maximum atomic E-state index is 13.5. The molecule has 0 unspecified atom stereocenters. The van der Waals surface area contributed by atoms with Crippen LogP contribution in [0.2, 0.25) is 5.02 Å². The molecule has 3 aromatic rings. The van der Waals surface area contributed by atoms with Crippen LogP contribution in [0, 0.1) is 10.8 Å². The fourth-order valence-electron chi connectivity index (χ4n) is 6.29. The number of hydrogen-bond donors (Lipinski definition) is 2. The fraction of sp³-hybridized carbons (Fsp3) is 0.345. The molecule has 1 aliphatic carbocycles. The van der Waals surface area contributed by atoms with Gasteiger partial charge in [0.1, 0.15) is 0 Å². The van der Waals surface area contributed by atoms with E-state index in [4.69, 9.17) is 11.6 Å². The first-order chi connectivity index (χ1) is 18.7. The fourth-order valence-corrected chi connectivity index (χ4v) is 9.43. The van der Waals surface area contributed by atoms with Crippen LogP contribution in [0.4, 0.5) is 11.4 Å². The Morgan fingerprint density at radius 3 is 2.30 bits per heavy atom. The maximum Gasteiger partial charge on any atom is 0.262 e. The Hall–Kier alpha value is -2.92. The second-order valence-corrected chi connectivity index (χ2v) is 15.8. The van der Waals surface area contributed by atoms with Crippen LogP contribution in [0.5, 0.6) is 0 Å². The Labute approximate surface area is 240 Å². The normalized spacial score (nSPS) is 22.6. The molecule has 1 aliphatic heterocycles. The third-order valence-corrected chi connectivity index (χ3v) is 11.2. The molecule has 0 spiro atoms. The topological polar surface area (TPSA) is 113 Å². The second kappa shape index (κ2) is 10.2. The Morgan fingerprint density at radius 1 is 0.900 bits per heavy atom. The smallest absolute Gasteiger partial charge is 0.262 e. The van der Waals surface area contributed by atoms with E-state index in [9.17, 15) is 21.6 Å². The summed E-state index contributed by atoms with van der Waals surface area (Å²) < 4.78 is 56.9. The number of anilines is 2. The molecular formula is C29H32ClN3O5S2. The monoisotopic (exact) mass is 601 g/mol.